The maximum Gasteiger partial charge on any atom is 0.261 e. The molecule has 2 aromatic carbocycles. The molecule has 0 fully saturated rings. The summed E-state index contributed by atoms with van der Waals surface area (Å²) in [4.78, 5) is 29.4. The monoisotopic (exact) mass is 377 g/mol. The Morgan fingerprint density at radius 3 is 2.64 bits per heavy atom. The summed E-state index contributed by atoms with van der Waals surface area (Å²) in [6, 6.07) is 11.5. The van der Waals surface area contributed by atoms with E-state index in [1.807, 2.05) is 6.07 Å². The predicted octanol–water partition coefficient (Wildman–Crippen LogP) is 4.58. The van der Waals surface area contributed by atoms with Gasteiger partial charge in [-0.25, -0.2) is 4.98 Å². The van der Waals surface area contributed by atoms with Gasteiger partial charge >= 0.3 is 0 Å². The van der Waals surface area contributed by atoms with Crippen LogP contribution >= 0.6 is 0 Å². The highest BCUT2D eigenvalue weighted by atomic mass is 16.1. The molecule has 0 radical (unpaired) electrons. The Hall–Kier alpha value is -2.95. The molecule has 5 heteroatoms. The molecule has 0 aliphatic heterocycles. The standard InChI is InChI=1S/C23H27N3O2/c1-4-5-6-7-22(27)25-19-10-11-21-20(13-19)23(28)26(15-24-21)14-18-9-8-16(2)17(3)12-18/h8-13,15H,4-7,14H2,1-3H3,(H,25,27). The van der Waals surface area contributed by atoms with Gasteiger partial charge in [-0.15, -0.1) is 0 Å². The number of rotatable bonds is 7. The normalized spacial score (nSPS) is 11.0. The molecule has 1 amide bonds. The van der Waals surface area contributed by atoms with Crippen molar-refractivity contribution in [3.05, 3.63) is 69.8 Å². The number of fused-ring (bicyclic) bond motifs is 1. The van der Waals surface area contributed by atoms with Crippen molar-refractivity contribution in [2.45, 2.75) is 53.0 Å². The van der Waals surface area contributed by atoms with Gasteiger partial charge in [0, 0.05) is 12.1 Å². The van der Waals surface area contributed by atoms with Crippen LogP contribution in [0.1, 0.15) is 49.3 Å². The highest BCUT2D eigenvalue weighted by Gasteiger charge is 2.08. The van der Waals surface area contributed by atoms with Crippen LogP contribution in [0, 0.1) is 13.8 Å². The fourth-order valence-corrected chi connectivity index (χ4v) is 3.21. The molecule has 1 heterocycles. The van der Waals surface area contributed by atoms with Crippen molar-refractivity contribution in [1.82, 2.24) is 9.55 Å². The Morgan fingerprint density at radius 2 is 1.89 bits per heavy atom. The van der Waals surface area contributed by atoms with Gasteiger partial charge in [-0.1, -0.05) is 38.0 Å². The molecule has 0 saturated carbocycles. The van der Waals surface area contributed by atoms with Crippen molar-refractivity contribution in [2.75, 3.05) is 5.32 Å². The molecule has 146 valence electrons. The Bertz CT molecular complexity index is 1050. The van der Waals surface area contributed by atoms with E-state index in [0.717, 1.165) is 24.8 Å². The van der Waals surface area contributed by atoms with E-state index >= 15 is 0 Å². The summed E-state index contributed by atoms with van der Waals surface area (Å²) in [6.45, 7) is 6.71. The molecule has 1 N–H and O–H groups in total. The van der Waals surface area contributed by atoms with Gasteiger partial charge in [-0.2, -0.15) is 0 Å². The number of carbonyl (C=O) groups is 1. The third-order valence-corrected chi connectivity index (χ3v) is 5.04. The van der Waals surface area contributed by atoms with E-state index in [-0.39, 0.29) is 11.5 Å². The van der Waals surface area contributed by atoms with Crippen LogP contribution in [0.5, 0.6) is 0 Å². The van der Waals surface area contributed by atoms with Gasteiger partial charge in [0.05, 0.1) is 23.8 Å². The van der Waals surface area contributed by atoms with Gasteiger partial charge in [0.15, 0.2) is 0 Å². The zero-order valence-corrected chi connectivity index (χ0v) is 16.8. The van der Waals surface area contributed by atoms with Crippen molar-refractivity contribution < 1.29 is 4.79 Å². The second kappa shape index (κ2) is 8.83. The molecule has 1 aromatic heterocycles. The first-order chi connectivity index (χ1) is 13.5. The lowest BCUT2D eigenvalue weighted by Gasteiger charge is -2.10. The van der Waals surface area contributed by atoms with Gasteiger partial charge in [-0.3, -0.25) is 14.2 Å². The number of amides is 1. The van der Waals surface area contributed by atoms with Crippen LogP contribution in [-0.4, -0.2) is 15.5 Å². The molecular formula is C23H27N3O2. The third-order valence-electron chi connectivity index (χ3n) is 5.04. The van der Waals surface area contributed by atoms with Gasteiger partial charge in [0.25, 0.3) is 5.56 Å². The van der Waals surface area contributed by atoms with E-state index in [1.54, 1.807) is 29.1 Å². The van der Waals surface area contributed by atoms with Crippen LogP contribution in [0.25, 0.3) is 10.9 Å². The smallest absolute Gasteiger partial charge is 0.261 e. The first kappa shape index (κ1) is 19.8. The average molecular weight is 377 g/mol. The Balaban J connectivity index is 1.84. The Labute approximate surface area is 165 Å². The number of hydrogen-bond acceptors (Lipinski definition) is 3. The Morgan fingerprint density at radius 1 is 1.07 bits per heavy atom. The van der Waals surface area contributed by atoms with E-state index in [1.165, 1.54) is 11.1 Å². The third kappa shape index (κ3) is 4.66. The maximum atomic E-state index is 12.9. The molecule has 0 spiro atoms. The van der Waals surface area contributed by atoms with E-state index in [2.05, 4.69) is 43.2 Å². The first-order valence-electron chi connectivity index (χ1n) is 9.83. The van der Waals surface area contributed by atoms with Gasteiger partial charge in [0.1, 0.15) is 0 Å². The van der Waals surface area contributed by atoms with Crippen molar-refractivity contribution >= 4 is 22.5 Å². The topological polar surface area (TPSA) is 64.0 Å². The van der Waals surface area contributed by atoms with Crippen LogP contribution in [0.2, 0.25) is 0 Å². The average Bonchev–Trinajstić information content (AvgIpc) is 2.67. The van der Waals surface area contributed by atoms with Crippen LogP contribution in [0.15, 0.2) is 47.5 Å². The highest BCUT2D eigenvalue weighted by Crippen LogP contribution is 2.16. The molecule has 0 bridgehead atoms. The van der Waals surface area contributed by atoms with Crippen LogP contribution in [0.4, 0.5) is 5.69 Å². The number of carbonyl (C=O) groups excluding carboxylic acids is 1. The number of unbranched alkanes of at least 4 members (excludes halogenated alkanes) is 2. The SMILES string of the molecule is CCCCCC(=O)Nc1ccc2ncn(Cc3ccc(C)c(C)c3)c(=O)c2c1. The molecule has 0 atom stereocenters. The molecule has 3 rings (SSSR count). The van der Waals surface area contributed by atoms with Crippen molar-refractivity contribution in [1.29, 1.82) is 0 Å². The molecule has 0 aliphatic rings. The summed E-state index contributed by atoms with van der Waals surface area (Å²) in [5, 5.41) is 3.40. The van der Waals surface area contributed by atoms with Gasteiger partial charge in [-0.05, 0) is 55.2 Å². The first-order valence-corrected chi connectivity index (χ1v) is 9.83. The number of aryl methyl sites for hydroxylation is 2. The number of hydrogen-bond donors (Lipinski definition) is 1. The molecule has 5 nitrogen and oxygen atoms in total. The molecule has 28 heavy (non-hydrogen) atoms. The van der Waals surface area contributed by atoms with Crippen molar-refractivity contribution in [3.63, 3.8) is 0 Å². The number of aromatic nitrogens is 2. The van der Waals surface area contributed by atoms with E-state index in [0.29, 0.717) is 29.6 Å². The minimum atomic E-state index is -0.106. The lowest BCUT2D eigenvalue weighted by molar-refractivity contribution is -0.116. The summed E-state index contributed by atoms with van der Waals surface area (Å²) in [5.74, 6) is -0.0212. The second-order valence-corrected chi connectivity index (χ2v) is 7.33. The van der Waals surface area contributed by atoms with E-state index in [4.69, 9.17) is 0 Å². The maximum absolute atomic E-state index is 12.9. The lowest BCUT2D eigenvalue weighted by Crippen LogP contribution is -2.21. The van der Waals surface area contributed by atoms with E-state index < -0.39 is 0 Å². The summed E-state index contributed by atoms with van der Waals surface area (Å²) >= 11 is 0. The summed E-state index contributed by atoms with van der Waals surface area (Å²) in [6.07, 6.45) is 5.08. The van der Waals surface area contributed by atoms with Crippen LogP contribution in [0.3, 0.4) is 0 Å². The quantitative estimate of drug-likeness (QED) is 0.613. The molecule has 0 saturated heterocycles. The predicted molar refractivity (Wildman–Crippen MR) is 114 cm³/mol. The number of nitrogens with one attached hydrogen (secondary N) is 1. The number of nitrogens with zero attached hydrogens (tertiary/aromatic N) is 2. The summed E-state index contributed by atoms with van der Waals surface area (Å²) in [5.41, 5.74) is 4.65. The summed E-state index contributed by atoms with van der Waals surface area (Å²) < 4.78 is 1.61. The minimum Gasteiger partial charge on any atom is -0.326 e. The zero-order valence-electron chi connectivity index (χ0n) is 16.8. The molecule has 3 aromatic rings. The number of benzene rings is 2. The fraction of sp³-hybridized carbons (Fsp3) is 0.348. The van der Waals surface area contributed by atoms with Crippen LogP contribution in [-0.2, 0) is 11.3 Å². The fourth-order valence-electron chi connectivity index (χ4n) is 3.21. The van der Waals surface area contributed by atoms with Gasteiger partial charge < -0.3 is 5.32 Å². The zero-order chi connectivity index (χ0) is 20.1. The van der Waals surface area contributed by atoms with Crippen LogP contribution < -0.4 is 10.9 Å². The second-order valence-electron chi connectivity index (χ2n) is 7.33. The van der Waals surface area contributed by atoms with Crippen molar-refractivity contribution in [3.8, 4) is 0 Å². The van der Waals surface area contributed by atoms with Crippen molar-refractivity contribution in [2.24, 2.45) is 0 Å². The van der Waals surface area contributed by atoms with Gasteiger partial charge in [0.2, 0.25) is 5.91 Å². The largest absolute Gasteiger partial charge is 0.326 e. The minimum absolute atomic E-state index is 0.0212. The number of anilines is 1. The molecule has 0 unspecified atom stereocenters. The van der Waals surface area contributed by atoms with E-state index in [9.17, 15) is 9.59 Å². The molecular weight excluding hydrogens is 350 g/mol. The molecule has 0 aliphatic carbocycles. The Kier molecular flexibility index (Phi) is 6.24. The highest BCUT2D eigenvalue weighted by molar-refractivity contribution is 5.93. The summed E-state index contributed by atoms with van der Waals surface area (Å²) in [7, 11) is 0. The lowest BCUT2D eigenvalue weighted by atomic mass is 10.1.